The van der Waals surface area contributed by atoms with Gasteiger partial charge in [0, 0.05) is 32.8 Å². The maximum atomic E-state index is 12.4. The number of nitrogens with zero attached hydrogens (tertiary/aromatic N) is 1. The van der Waals surface area contributed by atoms with Crippen LogP contribution in [0.15, 0.2) is 34.2 Å². The Morgan fingerprint density at radius 2 is 1.86 bits per heavy atom. The van der Waals surface area contributed by atoms with Crippen molar-refractivity contribution in [3.05, 3.63) is 29.8 Å². The summed E-state index contributed by atoms with van der Waals surface area (Å²) in [6, 6.07) is 7.45. The van der Waals surface area contributed by atoms with Gasteiger partial charge in [-0.15, -0.1) is 0 Å². The van der Waals surface area contributed by atoms with E-state index in [1.165, 1.54) is 32.1 Å². The molecule has 0 spiro atoms. The van der Waals surface area contributed by atoms with E-state index in [4.69, 9.17) is 4.74 Å². The molecule has 1 saturated heterocycles. The van der Waals surface area contributed by atoms with Crippen LogP contribution in [0.5, 0.6) is 0 Å². The Hall–Kier alpha value is -1.64. The van der Waals surface area contributed by atoms with Crippen LogP contribution in [0, 0.1) is 0 Å². The zero-order valence-electron chi connectivity index (χ0n) is 16.6. The molecule has 1 heterocycles. The molecule has 0 bridgehead atoms. The Bertz CT molecular complexity index is 737. The second kappa shape index (κ2) is 10.2. The van der Waals surface area contributed by atoms with Gasteiger partial charge in [-0.05, 0) is 43.4 Å². The third-order valence-electron chi connectivity index (χ3n) is 5.39. The highest BCUT2D eigenvalue weighted by molar-refractivity contribution is 7.89. The first kappa shape index (κ1) is 21.1. The zero-order valence-corrected chi connectivity index (χ0v) is 17.4. The summed E-state index contributed by atoms with van der Waals surface area (Å²) in [7, 11) is -1.73. The average molecular weight is 409 g/mol. The number of ether oxygens (including phenoxy) is 1. The number of rotatable bonds is 7. The van der Waals surface area contributed by atoms with E-state index in [0.717, 1.165) is 24.4 Å². The highest BCUT2D eigenvalue weighted by Gasteiger charge is 2.20. The molecule has 8 heteroatoms. The number of hydrogen-bond acceptors (Lipinski definition) is 4. The van der Waals surface area contributed by atoms with Gasteiger partial charge in [0.25, 0.3) is 0 Å². The van der Waals surface area contributed by atoms with Crippen LogP contribution < -0.4 is 15.4 Å². The number of sulfonamides is 1. The largest absolute Gasteiger partial charge is 0.377 e. The first-order valence-electron chi connectivity index (χ1n) is 10.2. The van der Waals surface area contributed by atoms with E-state index in [9.17, 15) is 8.42 Å². The summed E-state index contributed by atoms with van der Waals surface area (Å²) in [5, 5.41) is 6.79. The summed E-state index contributed by atoms with van der Waals surface area (Å²) < 4.78 is 33.0. The SMILES string of the molecule is CN=C(NCc1ccc(S(=O)(=O)NCC2CCCO2)cc1)NC1CCCCC1. The van der Waals surface area contributed by atoms with Crippen LogP contribution in [-0.4, -0.2) is 46.7 Å². The second-order valence-electron chi connectivity index (χ2n) is 7.54. The molecule has 1 aromatic carbocycles. The molecule has 1 atom stereocenters. The Kier molecular flexibility index (Phi) is 7.70. The highest BCUT2D eigenvalue weighted by Crippen LogP contribution is 2.17. The van der Waals surface area contributed by atoms with Gasteiger partial charge >= 0.3 is 0 Å². The summed E-state index contributed by atoms with van der Waals surface area (Å²) >= 11 is 0. The van der Waals surface area contributed by atoms with Crippen LogP contribution in [0.1, 0.15) is 50.5 Å². The molecule has 1 aliphatic heterocycles. The molecular formula is C20H32N4O3S. The van der Waals surface area contributed by atoms with Crippen molar-refractivity contribution in [2.24, 2.45) is 4.99 Å². The summed E-state index contributed by atoms with van der Waals surface area (Å²) in [5.74, 6) is 0.793. The van der Waals surface area contributed by atoms with Gasteiger partial charge in [0.1, 0.15) is 0 Å². The fourth-order valence-corrected chi connectivity index (χ4v) is 4.76. The predicted octanol–water partition coefficient (Wildman–Crippen LogP) is 2.14. The summed E-state index contributed by atoms with van der Waals surface area (Å²) in [5.41, 5.74) is 1.00. The molecule has 156 valence electrons. The van der Waals surface area contributed by atoms with Crippen LogP contribution in [0.25, 0.3) is 0 Å². The Labute approximate surface area is 168 Å². The minimum absolute atomic E-state index is 0.0123. The lowest BCUT2D eigenvalue weighted by Gasteiger charge is -2.24. The smallest absolute Gasteiger partial charge is 0.240 e. The number of nitrogens with one attached hydrogen (secondary N) is 3. The van der Waals surface area contributed by atoms with Crippen molar-refractivity contribution >= 4 is 16.0 Å². The lowest BCUT2D eigenvalue weighted by molar-refractivity contribution is 0.114. The van der Waals surface area contributed by atoms with E-state index in [0.29, 0.717) is 25.7 Å². The van der Waals surface area contributed by atoms with Gasteiger partial charge in [-0.2, -0.15) is 0 Å². The molecule has 1 unspecified atom stereocenters. The maximum Gasteiger partial charge on any atom is 0.240 e. The van der Waals surface area contributed by atoms with Crippen molar-refractivity contribution in [1.29, 1.82) is 0 Å². The summed E-state index contributed by atoms with van der Waals surface area (Å²) in [6.45, 7) is 1.64. The van der Waals surface area contributed by atoms with Gasteiger partial charge in [0.05, 0.1) is 11.0 Å². The fourth-order valence-electron chi connectivity index (χ4n) is 3.70. The van der Waals surface area contributed by atoms with Gasteiger partial charge in [0.2, 0.25) is 10.0 Å². The molecule has 2 fully saturated rings. The molecule has 3 N–H and O–H groups in total. The summed E-state index contributed by atoms with van der Waals surface area (Å²) in [4.78, 5) is 4.57. The normalized spacial score (nSPS) is 21.6. The topological polar surface area (TPSA) is 91.8 Å². The molecule has 2 aliphatic rings. The van der Waals surface area contributed by atoms with Gasteiger partial charge in [-0.25, -0.2) is 13.1 Å². The summed E-state index contributed by atoms with van der Waals surface area (Å²) in [6.07, 6.45) is 8.12. The maximum absolute atomic E-state index is 12.4. The molecule has 1 aromatic rings. The third-order valence-corrected chi connectivity index (χ3v) is 6.83. The van der Waals surface area contributed by atoms with Crippen LogP contribution in [0.2, 0.25) is 0 Å². The van der Waals surface area contributed by atoms with Crippen LogP contribution in [0.4, 0.5) is 0 Å². The Morgan fingerprint density at radius 1 is 1.11 bits per heavy atom. The number of guanidine groups is 1. The molecule has 0 radical (unpaired) electrons. The van der Waals surface area contributed by atoms with Gasteiger partial charge in [0.15, 0.2) is 5.96 Å². The quantitative estimate of drug-likeness (QED) is 0.475. The Morgan fingerprint density at radius 3 is 2.50 bits per heavy atom. The van der Waals surface area contributed by atoms with Crippen molar-refractivity contribution in [3.8, 4) is 0 Å². The number of benzene rings is 1. The van der Waals surface area contributed by atoms with E-state index < -0.39 is 10.0 Å². The van der Waals surface area contributed by atoms with Crippen molar-refractivity contribution in [1.82, 2.24) is 15.4 Å². The van der Waals surface area contributed by atoms with Crippen molar-refractivity contribution < 1.29 is 13.2 Å². The second-order valence-corrected chi connectivity index (χ2v) is 9.30. The molecular weight excluding hydrogens is 376 g/mol. The van der Waals surface area contributed by atoms with Crippen molar-refractivity contribution in [2.45, 2.75) is 68.5 Å². The van der Waals surface area contributed by atoms with E-state index in [2.05, 4.69) is 20.3 Å². The molecule has 1 saturated carbocycles. The van der Waals surface area contributed by atoms with E-state index in [1.807, 2.05) is 12.1 Å². The lowest BCUT2D eigenvalue weighted by Crippen LogP contribution is -2.43. The first-order chi connectivity index (χ1) is 13.6. The van der Waals surface area contributed by atoms with E-state index in [-0.39, 0.29) is 11.0 Å². The van der Waals surface area contributed by atoms with E-state index in [1.54, 1.807) is 19.2 Å². The van der Waals surface area contributed by atoms with Crippen molar-refractivity contribution in [3.63, 3.8) is 0 Å². The predicted molar refractivity (Wildman–Crippen MR) is 111 cm³/mol. The van der Waals surface area contributed by atoms with Gasteiger partial charge < -0.3 is 15.4 Å². The van der Waals surface area contributed by atoms with Crippen LogP contribution >= 0.6 is 0 Å². The molecule has 28 heavy (non-hydrogen) atoms. The van der Waals surface area contributed by atoms with Crippen LogP contribution in [0.3, 0.4) is 0 Å². The van der Waals surface area contributed by atoms with Crippen LogP contribution in [-0.2, 0) is 21.3 Å². The minimum Gasteiger partial charge on any atom is -0.377 e. The fraction of sp³-hybridized carbons (Fsp3) is 0.650. The monoisotopic (exact) mass is 408 g/mol. The molecule has 3 rings (SSSR count). The third kappa shape index (κ3) is 6.18. The standard InChI is InChI=1S/C20H32N4O3S/c1-21-20(24-17-6-3-2-4-7-17)22-14-16-9-11-19(12-10-16)28(25,26)23-15-18-8-5-13-27-18/h9-12,17-18,23H,2-8,13-15H2,1H3,(H2,21,22,24). The highest BCUT2D eigenvalue weighted by atomic mass is 32.2. The van der Waals surface area contributed by atoms with Crippen molar-refractivity contribution in [2.75, 3.05) is 20.2 Å². The Balaban J connectivity index is 1.48. The molecule has 1 aliphatic carbocycles. The molecule has 0 amide bonds. The molecule has 7 nitrogen and oxygen atoms in total. The van der Waals surface area contributed by atoms with Gasteiger partial charge in [-0.3, -0.25) is 4.99 Å². The zero-order chi connectivity index (χ0) is 19.8. The number of aliphatic imine (C=N–C) groups is 1. The average Bonchev–Trinajstić information content (AvgIpc) is 3.24. The molecule has 0 aromatic heterocycles. The lowest BCUT2D eigenvalue weighted by atomic mass is 9.96. The first-order valence-corrected chi connectivity index (χ1v) is 11.7. The van der Waals surface area contributed by atoms with Gasteiger partial charge in [-0.1, -0.05) is 31.4 Å². The number of hydrogen-bond donors (Lipinski definition) is 3. The minimum atomic E-state index is -3.51. The van der Waals surface area contributed by atoms with E-state index >= 15 is 0 Å².